The first-order chi connectivity index (χ1) is 19.8. The molecule has 0 aliphatic carbocycles. The molecule has 0 radical (unpaired) electrons. The van der Waals surface area contributed by atoms with Crippen LogP contribution in [0.2, 0.25) is 5.02 Å². The van der Waals surface area contributed by atoms with Crippen molar-refractivity contribution in [3.8, 4) is 0 Å². The fourth-order valence-electron chi connectivity index (χ4n) is 4.75. The molecule has 3 aromatic carbocycles. The maximum Gasteiger partial charge on any atom is 0.296 e. The van der Waals surface area contributed by atoms with Gasteiger partial charge in [-0.3, -0.25) is 14.5 Å². The largest absolute Gasteiger partial charge is 0.503 e. The molecule has 0 saturated heterocycles. The van der Waals surface area contributed by atoms with Crippen LogP contribution in [0.25, 0.3) is 11.0 Å². The van der Waals surface area contributed by atoms with Crippen molar-refractivity contribution in [2.24, 2.45) is 0 Å². The number of nitrogens with zero attached hydrogens (tertiary/aromatic N) is 3. The Kier molecular flexibility index (Phi) is 7.42. The van der Waals surface area contributed by atoms with Crippen LogP contribution in [0.1, 0.15) is 53.1 Å². The molecule has 1 aliphatic rings. The normalized spacial score (nSPS) is 15.5. The van der Waals surface area contributed by atoms with Gasteiger partial charge < -0.3 is 9.52 Å². The lowest BCUT2D eigenvalue weighted by atomic mass is 9.93. The van der Waals surface area contributed by atoms with E-state index < -0.39 is 23.5 Å². The zero-order valence-electron chi connectivity index (χ0n) is 22.1. The smallest absolute Gasteiger partial charge is 0.296 e. The van der Waals surface area contributed by atoms with E-state index in [9.17, 15) is 14.7 Å². The van der Waals surface area contributed by atoms with E-state index in [1.807, 2.05) is 66.7 Å². The first kappa shape index (κ1) is 27.3. The number of carbonyl (C=O) groups is 2. The summed E-state index contributed by atoms with van der Waals surface area (Å²) in [6, 6.07) is 23.2. The highest BCUT2D eigenvalue weighted by Crippen LogP contribution is 2.44. The number of aliphatic hydroxyl groups excluding tert-OH is 1. The minimum Gasteiger partial charge on any atom is -0.503 e. The number of hydrogen-bond donors (Lipinski definition) is 1. The van der Waals surface area contributed by atoms with Crippen molar-refractivity contribution in [1.82, 2.24) is 10.2 Å². The predicted octanol–water partition coefficient (Wildman–Crippen LogP) is 8.14. The minimum atomic E-state index is -0.918. The van der Waals surface area contributed by atoms with Gasteiger partial charge in [0.25, 0.3) is 5.91 Å². The number of ketones is 1. The molecule has 10 heteroatoms. The van der Waals surface area contributed by atoms with Gasteiger partial charge in [0.15, 0.2) is 15.9 Å². The first-order valence-electron chi connectivity index (χ1n) is 12.9. The number of aromatic nitrogens is 2. The fourth-order valence-corrected chi connectivity index (χ4v) is 6.91. The third kappa shape index (κ3) is 5.16. The van der Waals surface area contributed by atoms with Crippen LogP contribution >= 0.6 is 34.7 Å². The molecule has 41 heavy (non-hydrogen) atoms. The molecule has 0 bridgehead atoms. The van der Waals surface area contributed by atoms with E-state index in [-0.39, 0.29) is 16.5 Å². The summed E-state index contributed by atoms with van der Waals surface area (Å²) in [5, 5.41) is 21.4. The van der Waals surface area contributed by atoms with Gasteiger partial charge in [-0.05, 0) is 40.8 Å². The predicted molar refractivity (Wildman–Crippen MR) is 162 cm³/mol. The van der Waals surface area contributed by atoms with Crippen LogP contribution in [0.3, 0.4) is 0 Å². The Labute approximate surface area is 249 Å². The highest BCUT2D eigenvalue weighted by atomic mass is 35.5. The molecule has 1 aliphatic heterocycles. The van der Waals surface area contributed by atoms with E-state index in [0.717, 1.165) is 16.5 Å². The molecule has 1 unspecified atom stereocenters. The summed E-state index contributed by atoms with van der Waals surface area (Å²) >= 11 is 8.96. The van der Waals surface area contributed by atoms with Crippen LogP contribution in [0.5, 0.6) is 0 Å². The number of anilines is 1. The number of para-hydroxylation sites is 1. The van der Waals surface area contributed by atoms with Crippen LogP contribution in [0, 0.1) is 0 Å². The van der Waals surface area contributed by atoms with Gasteiger partial charge in [0.05, 0.1) is 11.6 Å². The van der Waals surface area contributed by atoms with Crippen LogP contribution < -0.4 is 4.90 Å². The summed E-state index contributed by atoms with van der Waals surface area (Å²) in [4.78, 5) is 28.8. The average molecular weight is 602 g/mol. The van der Waals surface area contributed by atoms with Crippen LogP contribution in [0.15, 0.2) is 99.0 Å². The van der Waals surface area contributed by atoms with Crippen LogP contribution in [0.4, 0.5) is 5.13 Å². The standard InChI is InChI=1S/C31H24ClN3O4S2/c1-17(2)18-11-13-19(14-12-18)26-25(27(36)24-15-20-7-4-6-10-23(20)39-24)28(37)29(38)35(26)30-33-34-31(41-30)40-16-21-8-3-5-9-22(21)32/h3-15,17,26,37H,16H2,1-2H3. The third-order valence-corrected chi connectivity index (χ3v) is 9.41. The van der Waals surface area contributed by atoms with E-state index in [1.165, 1.54) is 28.0 Å². The summed E-state index contributed by atoms with van der Waals surface area (Å²) < 4.78 is 6.45. The molecule has 2 aromatic heterocycles. The van der Waals surface area contributed by atoms with Crippen molar-refractivity contribution in [2.75, 3.05) is 4.90 Å². The number of halogens is 1. The molecular formula is C31H24ClN3O4S2. The number of rotatable bonds is 8. The SMILES string of the molecule is CC(C)c1ccc(C2C(C(=O)c3cc4ccccc4o3)=C(O)C(=O)N2c2nnc(SCc3ccccc3Cl)s2)cc1. The number of furan rings is 1. The first-order valence-corrected chi connectivity index (χ1v) is 15.1. The van der Waals surface area contributed by atoms with Gasteiger partial charge in [-0.25, -0.2) is 0 Å². The molecule has 1 N–H and O–H groups in total. The molecule has 0 fully saturated rings. The number of fused-ring (bicyclic) bond motifs is 1. The van der Waals surface area contributed by atoms with Crippen molar-refractivity contribution in [2.45, 2.75) is 35.9 Å². The number of Topliss-reactive ketones (excluding diaryl/α,β-unsaturated/α-hetero) is 1. The van der Waals surface area contributed by atoms with Crippen LogP contribution in [-0.4, -0.2) is 27.0 Å². The molecule has 6 rings (SSSR count). The molecule has 1 amide bonds. The summed E-state index contributed by atoms with van der Waals surface area (Å²) in [6.45, 7) is 4.18. The number of hydrogen-bond acceptors (Lipinski definition) is 8. The van der Waals surface area contributed by atoms with Crippen molar-refractivity contribution >= 4 is 62.5 Å². The van der Waals surface area contributed by atoms with Gasteiger partial charge in [-0.15, -0.1) is 10.2 Å². The number of amides is 1. The second-order valence-electron chi connectivity index (χ2n) is 9.87. The molecule has 0 spiro atoms. The molecular weight excluding hydrogens is 578 g/mol. The van der Waals surface area contributed by atoms with Gasteiger partial charge in [0, 0.05) is 16.2 Å². The minimum absolute atomic E-state index is 0.0412. The highest BCUT2D eigenvalue weighted by Gasteiger charge is 2.46. The Hall–Kier alpha value is -3.92. The maximum absolute atomic E-state index is 13.9. The second kappa shape index (κ2) is 11.2. The van der Waals surface area contributed by atoms with E-state index in [4.69, 9.17) is 16.0 Å². The molecule has 1 atom stereocenters. The third-order valence-electron chi connectivity index (χ3n) is 6.93. The zero-order chi connectivity index (χ0) is 28.7. The van der Waals surface area contributed by atoms with Gasteiger partial charge in [0.2, 0.25) is 10.9 Å². The molecule has 3 heterocycles. The van der Waals surface area contributed by atoms with Crippen molar-refractivity contribution in [3.63, 3.8) is 0 Å². The Morgan fingerprint density at radius 3 is 2.54 bits per heavy atom. The topological polar surface area (TPSA) is 96.5 Å². The number of benzene rings is 3. The average Bonchev–Trinajstić information content (AvgIpc) is 3.69. The maximum atomic E-state index is 13.9. The van der Waals surface area contributed by atoms with Gasteiger partial charge in [-0.1, -0.05) is 109 Å². The zero-order valence-corrected chi connectivity index (χ0v) is 24.5. The summed E-state index contributed by atoms with van der Waals surface area (Å²) in [5.41, 5.74) is 3.20. The lowest BCUT2D eigenvalue weighted by Gasteiger charge is -2.24. The van der Waals surface area contributed by atoms with Crippen molar-refractivity contribution in [1.29, 1.82) is 0 Å². The quantitative estimate of drug-likeness (QED) is 0.109. The Morgan fingerprint density at radius 2 is 1.80 bits per heavy atom. The monoisotopic (exact) mass is 601 g/mol. The second-order valence-corrected chi connectivity index (χ2v) is 12.5. The Morgan fingerprint density at radius 1 is 1.07 bits per heavy atom. The lowest BCUT2D eigenvalue weighted by molar-refractivity contribution is -0.117. The van der Waals surface area contributed by atoms with Crippen molar-refractivity contribution in [3.05, 3.63) is 118 Å². The number of thioether (sulfide) groups is 1. The number of aliphatic hydroxyl groups is 1. The van der Waals surface area contributed by atoms with Gasteiger partial charge in [-0.2, -0.15) is 0 Å². The summed E-state index contributed by atoms with van der Waals surface area (Å²) in [7, 11) is 0. The number of carbonyl (C=O) groups excluding carboxylic acids is 2. The lowest BCUT2D eigenvalue weighted by Crippen LogP contribution is -2.31. The van der Waals surface area contributed by atoms with Crippen LogP contribution in [-0.2, 0) is 10.5 Å². The van der Waals surface area contributed by atoms with Gasteiger partial charge >= 0.3 is 0 Å². The highest BCUT2D eigenvalue weighted by molar-refractivity contribution is 8.00. The summed E-state index contributed by atoms with van der Waals surface area (Å²) in [6.07, 6.45) is 0. The Balaban J connectivity index is 1.37. The van der Waals surface area contributed by atoms with Crippen molar-refractivity contribution < 1.29 is 19.1 Å². The van der Waals surface area contributed by atoms with E-state index in [2.05, 4.69) is 24.0 Å². The van der Waals surface area contributed by atoms with E-state index in [0.29, 0.717) is 32.2 Å². The molecule has 7 nitrogen and oxygen atoms in total. The fraction of sp³-hybridized carbons (Fsp3) is 0.161. The molecule has 5 aromatic rings. The summed E-state index contributed by atoms with van der Waals surface area (Å²) in [5.74, 6) is -1.01. The molecule has 206 valence electrons. The molecule has 0 saturated carbocycles. The Bertz CT molecular complexity index is 1780. The van der Waals surface area contributed by atoms with E-state index >= 15 is 0 Å². The van der Waals surface area contributed by atoms with Gasteiger partial charge in [0.1, 0.15) is 5.58 Å². The van der Waals surface area contributed by atoms with E-state index in [1.54, 1.807) is 12.1 Å².